The van der Waals surface area contributed by atoms with Gasteiger partial charge in [-0.15, -0.1) is 0 Å². The molecule has 0 aliphatic rings. The molecule has 146 valence electrons. The number of hydrogen-bond acceptors (Lipinski definition) is 6. The van der Waals surface area contributed by atoms with Crippen LogP contribution in [0.25, 0.3) is 11.0 Å². The van der Waals surface area contributed by atoms with Crippen LogP contribution in [0.5, 0.6) is 0 Å². The van der Waals surface area contributed by atoms with Crippen LogP contribution < -0.4 is 5.63 Å². The summed E-state index contributed by atoms with van der Waals surface area (Å²) in [4.78, 5) is 39.3. The van der Waals surface area contributed by atoms with Crippen molar-refractivity contribution in [1.82, 2.24) is 4.98 Å². The lowest BCUT2D eigenvalue weighted by Crippen LogP contribution is -2.10. The maximum atomic E-state index is 12.6. The van der Waals surface area contributed by atoms with Gasteiger partial charge in [0.15, 0.2) is 0 Å². The number of rotatable bonds is 5. The van der Waals surface area contributed by atoms with E-state index < -0.39 is 17.6 Å². The van der Waals surface area contributed by atoms with Gasteiger partial charge in [-0.3, -0.25) is 0 Å². The maximum absolute atomic E-state index is 12.6. The maximum Gasteiger partial charge on any atom is 0.355 e. The molecule has 8 heteroatoms. The van der Waals surface area contributed by atoms with Crippen LogP contribution >= 0.6 is 15.9 Å². The zero-order valence-electron chi connectivity index (χ0n) is 15.6. The first-order chi connectivity index (χ1) is 13.3. The van der Waals surface area contributed by atoms with Crippen LogP contribution in [0.15, 0.2) is 37.9 Å². The fourth-order valence-electron chi connectivity index (χ4n) is 3.00. The molecule has 0 aliphatic carbocycles. The number of aromatic nitrogens is 1. The van der Waals surface area contributed by atoms with Gasteiger partial charge in [0.25, 0.3) is 0 Å². The molecule has 0 aliphatic heterocycles. The summed E-state index contributed by atoms with van der Waals surface area (Å²) in [5.74, 6) is -1.13. The molecule has 28 heavy (non-hydrogen) atoms. The average molecular weight is 448 g/mol. The van der Waals surface area contributed by atoms with Crippen molar-refractivity contribution < 1.29 is 23.5 Å². The lowest BCUT2D eigenvalue weighted by Gasteiger charge is -2.08. The predicted octanol–water partition coefficient (Wildman–Crippen LogP) is 4.03. The molecule has 0 unspecified atom stereocenters. The van der Waals surface area contributed by atoms with Crippen molar-refractivity contribution in [3.8, 4) is 0 Å². The first kappa shape index (κ1) is 19.9. The molecule has 0 radical (unpaired) electrons. The Morgan fingerprint density at radius 3 is 2.61 bits per heavy atom. The molecular weight excluding hydrogens is 430 g/mol. The number of nitrogens with one attached hydrogen (secondary N) is 1. The SMILES string of the molecule is CCOC(=O)c1[nH]c(C)c(C(=O)OCc2cc(=O)oc3cc(Br)ccc23)c1C. The number of halogens is 1. The molecule has 7 nitrogen and oxygen atoms in total. The van der Waals surface area contributed by atoms with E-state index in [9.17, 15) is 14.4 Å². The third-order valence-corrected chi connectivity index (χ3v) is 4.77. The second-order valence-electron chi connectivity index (χ2n) is 6.15. The van der Waals surface area contributed by atoms with Gasteiger partial charge < -0.3 is 18.9 Å². The Morgan fingerprint density at radius 1 is 1.14 bits per heavy atom. The average Bonchev–Trinajstić information content (AvgIpc) is 2.93. The van der Waals surface area contributed by atoms with Crippen molar-refractivity contribution in [2.75, 3.05) is 6.61 Å². The third-order valence-electron chi connectivity index (χ3n) is 4.27. The lowest BCUT2D eigenvalue weighted by molar-refractivity contribution is 0.0472. The number of carbonyl (C=O) groups excluding carboxylic acids is 2. The summed E-state index contributed by atoms with van der Waals surface area (Å²) in [6.45, 7) is 5.15. The van der Waals surface area contributed by atoms with Gasteiger partial charge in [0, 0.05) is 27.2 Å². The fourth-order valence-corrected chi connectivity index (χ4v) is 3.34. The summed E-state index contributed by atoms with van der Waals surface area (Å²) >= 11 is 3.33. The molecule has 3 rings (SSSR count). The Kier molecular flexibility index (Phi) is 5.69. The number of carbonyl (C=O) groups is 2. The Hall–Kier alpha value is -2.87. The van der Waals surface area contributed by atoms with E-state index in [1.807, 2.05) is 0 Å². The molecular formula is C20H18BrNO6. The Morgan fingerprint density at radius 2 is 1.89 bits per heavy atom. The van der Waals surface area contributed by atoms with Crippen LogP contribution in [-0.2, 0) is 16.1 Å². The van der Waals surface area contributed by atoms with E-state index in [0.29, 0.717) is 27.8 Å². The van der Waals surface area contributed by atoms with Crippen LogP contribution in [-0.4, -0.2) is 23.5 Å². The minimum absolute atomic E-state index is 0.110. The summed E-state index contributed by atoms with van der Waals surface area (Å²) < 4.78 is 16.4. The summed E-state index contributed by atoms with van der Waals surface area (Å²) in [5.41, 5.74) is 1.86. The first-order valence-electron chi connectivity index (χ1n) is 8.57. The van der Waals surface area contributed by atoms with Crippen molar-refractivity contribution in [3.63, 3.8) is 0 Å². The highest BCUT2D eigenvalue weighted by Crippen LogP contribution is 2.24. The van der Waals surface area contributed by atoms with Gasteiger partial charge in [-0.05, 0) is 44.5 Å². The molecule has 0 spiro atoms. The molecule has 0 bridgehead atoms. The summed E-state index contributed by atoms with van der Waals surface area (Å²) in [6, 6.07) is 6.55. The second kappa shape index (κ2) is 8.02. The van der Waals surface area contributed by atoms with Crippen LogP contribution in [0.3, 0.4) is 0 Å². The van der Waals surface area contributed by atoms with Crippen molar-refractivity contribution in [2.45, 2.75) is 27.4 Å². The number of H-pyrrole nitrogens is 1. The third kappa shape index (κ3) is 3.87. The molecule has 1 N–H and O–H groups in total. The normalized spacial score (nSPS) is 10.9. The summed E-state index contributed by atoms with van der Waals surface area (Å²) in [5, 5.41) is 0.672. The minimum atomic E-state index is -0.597. The fraction of sp³-hybridized carbons (Fsp3) is 0.250. The second-order valence-corrected chi connectivity index (χ2v) is 7.07. The van der Waals surface area contributed by atoms with Crippen LogP contribution in [0.1, 0.15) is 44.6 Å². The highest BCUT2D eigenvalue weighted by molar-refractivity contribution is 9.10. The van der Waals surface area contributed by atoms with Gasteiger partial charge in [-0.1, -0.05) is 15.9 Å². The molecule has 0 atom stereocenters. The van der Waals surface area contributed by atoms with Gasteiger partial charge in [0.2, 0.25) is 0 Å². The molecule has 0 fully saturated rings. The van der Waals surface area contributed by atoms with Gasteiger partial charge in [0.1, 0.15) is 17.9 Å². The van der Waals surface area contributed by atoms with Gasteiger partial charge in [-0.2, -0.15) is 0 Å². The number of aryl methyl sites for hydroxylation is 1. The van der Waals surface area contributed by atoms with E-state index >= 15 is 0 Å². The van der Waals surface area contributed by atoms with Crippen LogP contribution in [0.2, 0.25) is 0 Å². The summed E-state index contributed by atoms with van der Waals surface area (Å²) in [7, 11) is 0. The number of aromatic amines is 1. The Labute approximate surface area is 168 Å². The zero-order valence-corrected chi connectivity index (χ0v) is 17.1. The molecule has 0 saturated carbocycles. The van der Waals surface area contributed by atoms with Crippen LogP contribution in [0.4, 0.5) is 0 Å². The molecule has 0 saturated heterocycles. The quantitative estimate of drug-likeness (QED) is 0.468. The zero-order chi connectivity index (χ0) is 20.4. The van der Waals surface area contributed by atoms with E-state index in [4.69, 9.17) is 13.9 Å². The van der Waals surface area contributed by atoms with E-state index in [-0.39, 0.29) is 24.5 Å². The van der Waals surface area contributed by atoms with Gasteiger partial charge in [0.05, 0.1) is 12.2 Å². The smallest absolute Gasteiger partial charge is 0.355 e. The minimum Gasteiger partial charge on any atom is -0.461 e. The van der Waals surface area contributed by atoms with Gasteiger partial charge >= 0.3 is 17.6 Å². The van der Waals surface area contributed by atoms with E-state index in [1.165, 1.54) is 6.07 Å². The molecule has 3 aromatic rings. The molecule has 2 heterocycles. The number of ether oxygens (including phenoxy) is 2. The topological polar surface area (TPSA) is 98.6 Å². The monoisotopic (exact) mass is 447 g/mol. The van der Waals surface area contributed by atoms with Crippen LogP contribution in [0, 0.1) is 13.8 Å². The lowest BCUT2D eigenvalue weighted by atomic mass is 10.1. The number of esters is 2. The Balaban J connectivity index is 1.87. The number of benzene rings is 1. The highest BCUT2D eigenvalue weighted by atomic mass is 79.9. The van der Waals surface area contributed by atoms with E-state index in [0.717, 1.165) is 4.47 Å². The number of hydrogen-bond donors (Lipinski definition) is 1. The molecule has 2 aromatic heterocycles. The Bertz CT molecular complexity index is 1130. The number of fused-ring (bicyclic) bond motifs is 1. The van der Waals surface area contributed by atoms with E-state index in [1.54, 1.807) is 39.0 Å². The first-order valence-corrected chi connectivity index (χ1v) is 9.36. The van der Waals surface area contributed by atoms with Crippen molar-refractivity contribution in [1.29, 1.82) is 0 Å². The molecule has 1 aromatic carbocycles. The van der Waals surface area contributed by atoms with Crippen molar-refractivity contribution >= 4 is 38.8 Å². The highest BCUT2D eigenvalue weighted by Gasteiger charge is 2.24. The summed E-state index contributed by atoms with van der Waals surface area (Å²) in [6.07, 6.45) is 0. The van der Waals surface area contributed by atoms with Crippen molar-refractivity contribution in [2.24, 2.45) is 0 Å². The predicted molar refractivity (Wildman–Crippen MR) is 106 cm³/mol. The van der Waals surface area contributed by atoms with E-state index in [2.05, 4.69) is 20.9 Å². The van der Waals surface area contributed by atoms with Crippen molar-refractivity contribution in [3.05, 3.63) is 67.2 Å². The molecule has 0 amide bonds. The largest absolute Gasteiger partial charge is 0.461 e. The van der Waals surface area contributed by atoms with Gasteiger partial charge in [-0.25, -0.2) is 14.4 Å². The standard InChI is InChI=1S/C20H18BrNO6/c1-4-26-20(25)18-10(2)17(11(3)22-18)19(24)27-9-12-7-16(23)28-15-8-13(21)5-6-14(12)15/h5-8,22H,4,9H2,1-3H3.